The van der Waals surface area contributed by atoms with Crippen LogP contribution >= 0.6 is 7.82 Å². The molecule has 9 heteroatoms. The first-order valence-electron chi connectivity index (χ1n) is 10.7. The van der Waals surface area contributed by atoms with Crippen LogP contribution in [0, 0.1) is 0 Å². The van der Waals surface area contributed by atoms with Crippen molar-refractivity contribution in [2.75, 3.05) is 13.2 Å². The topological polar surface area (TPSA) is 142 Å². The quantitative estimate of drug-likeness (QED) is 0.158. The molecule has 28 heavy (non-hydrogen) atoms. The van der Waals surface area contributed by atoms with Crippen LogP contribution in [0.2, 0.25) is 0 Å². The van der Waals surface area contributed by atoms with Crippen LogP contribution in [0.15, 0.2) is 0 Å². The van der Waals surface area contributed by atoms with Crippen LogP contribution in [0.5, 0.6) is 0 Å². The predicted octanol–water partition coefficient (Wildman–Crippen LogP) is 2.99. The highest BCUT2D eigenvalue weighted by Crippen LogP contribution is 2.35. The Morgan fingerprint density at radius 2 is 1.57 bits per heavy atom. The van der Waals surface area contributed by atoms with Crippen molar-refractivity contribution in [2.45, 2.75) is 103 Å². The van der Waals surface area contributed by atoms with E-state index < -0.39 is 20.0 Å². The summed E-state index contributed by atoms with van der Waals surface area (Å²) in [7, 11) is -4.59. The first-order chi connectivity index (χ1) is 13.3. The van der Waals surface area contributed by atoms with E-state index in [0.29, 0.717) is 25.8 Å². The van der Waals surface area contributed by atoms with E-state index in [1.807, 2.05) is 0 Å². The fraction of sp³-hybridized carbons (Fsp3) is 0.947. The van der Waals surface area contributed by atoms with Crippen molar-refractivity contribution in [1.82, 2.24) is 5.32 Å². The second kappa shape index (κ2) is 17.4. The third-order valence-electron chi connectivity index (χ3n) is 4.63. The van der Waals surface area contributed by atoms with E-state index in [0.717, 1.165) is 19.3 Å². The molecule has 0 aromatic rings. The van der Waals surface area contributed by atoms with Crippen LogP contribution < -0.4 is 11.1 Å². The Morgan fingerprint density at radius 1 is 1.00 bits per heavy atom. The zero-order chi connectivity index (χ0) is 21.3. The van der Waals surface area contributed by atoms with Gasteiger partial charge in [-0.15, -0.1) is 0 Å². The largest absolute Gasteiger partial charge is 0.469 e. The molecule has 1 amide bonds. The lowest BCUT2D eigenvalue weighted by Crippen LogP contribution is -2.39. The summed E-state index contributed by atoms with van der Waals surface area (Å²) in [4.78, 5) is 29.7. The second-order valence-corrected chi connectivity index (χ2v) is 8.70. The minimum absolute atomic E-state index is 0.0218. The summed E-state index contributed by atoms with van der Waals surface area (Å²) in [5.41, 5.74) is 5.44. The average molecular weight is 425 g/mol. The van der Waals surface area contributed by atoms with Crippen molar-refractivity contribution in [2.24, 2.45) is 5.73 Å². The number of unbranched alkanes of at least 4 members (excludes halogenated alkanes) is 8. The number of phosphoric ester groups is 1. The van der Waals surface area contributed by atoms with Gasteiger partial charge in [-0.05, 0) is 25.8 Å². The molecule has 168 valence electrons. The third kappa shape index (κ3) is 18.8. The zero-order valence-electron chi connectivity index (χ0n) is 17.4. The lowest BCUT2D eigenvalue weighted by Gasteiger charge is -2.20. The van der Waals surface area contributed by atoms with Gasteiger partial charge in [0.25, 0.3) is 0 Å². The standard InChI is InChI=1S/C19H41N2O6P/c1-2-3-4-5-6-7-8-9-10-13-18(22)15-19(23)21-17(12-11-14-20)16-27-28(24,25)26/h17-18,22H,2-16,20H2,1H3,(H,21,23)(H2,24,25,26). The average Bonchev–Trinajstić information content (AvgIpc) is 2.61. The number of nitrogens with one attached hydrogen (secondary N) is 1. The number of rotatable bonds is 19. The fourth-order valence-corrected chi connectivity index (χ4v) is 3.42. The van der Waals surface area contributed by atoms with Gasteiger partial charge in [0.05, 0.1) is 25.2 Å². The van der Waals surface area contributed by atoms with Crippen LogP contribution in [0.1, 0.15) is 90.4 Å². The molecule has 0 bridgehead atoms. The van der Waals surface area contributed by atoms with E-state index in [9.17, 15) is 14.5 Å². The number of amides is 1. The van der Waals surface area contributed by atoms with Gasteiger partial charge in [-0.25, -0.2) is 4.57 Å². The highest BCUT2D eigenvalue weighted by Gasteiger charge is 2.20. The number of nitrogens with two attached hydrogens (primary N) is 1. The Morgan fingerprint density at radius 3 is 2.11 bits per heavy atom. The summed E-state index contributed by atoms with van der Waals surface area (Å²) < 4.78 is 15.3. The number of aliphatic hydroxyl groups is 1. The van der Waals surface area contributed by atoms with Crippen LogP contribution in [-0.2, 0) is 13.9 Å². The molecule has 0 fully saturated rings. The summed E-state index contributed by atoms with van der Waals surface area (Å²) in [5, 5.41) is 12.7. The minimum atomic E-state index is -4.59. The van der Waals surface area contributed by atoms with Gasteiger partial charge in [0.1, 0.15) is 0 Å². The van der Waals surface area contributed by atoms with E-state index in [1.165, 1.54) is 38.5 Å². The maximum absolute atomic E-state index is 12.1. The summed E-state index contributed by atoms with van der Waals surface area (Å²) in [6, 6.07) is -0.538. The molecule has 6 N–H and O–H groups in total. The van der Waals surface area contributed by atoms with Crippen molar-refractivity contribution in [1.29, 1.82) is 0 Å². The van der Waals surface area contributed by atoms with Crippen LogP contribution in [0.25, 0.3) is 0 Å². The summed E-state index contributed by atoms with van der Waals surface area (Å²) in [6.45, 7) is 2.33. The molecule has 0 aliphatic rings. The van der Waals surface area contributed by atoms with E-state index >= 15 is 0 Å². The van der Waals surface area contributed by atoms with Crippen molar-refractivity contribution < 1.29 is 28.8 Å². The maximum Gasteiger partial charge on any atom is 0.469 e. The third-order valence-corrected chi connectivity index (χ3v) is 5.11. The van der Waals surface area contributed by atoms with E-state index in [1.54, 1.807) is 0 Å². The molecule has 0 aromatic heterocycles. The van der Waals surface area contributed by atoms with Crippen LogP contribution in [0.3, 0.4) is 0 Å². The fourth-order valence-electron chi connectivity index (χ4n) is 3.04. The van der Waals surface area contributed by atoms with Gasteiger partial charge < -0.3 is 25.9 Å². The first-order valence-corrected chi connectivity index (χ1v) is 12.2. The summed E-state index contributed by atoms with van der Waals surface area (Å²) >= 11 is 0. The minimum Gasteiger partial charge on any atom is -0.393 e. The lowest BCUT2D eigenvalue weighted by atomic mass is 10.0. The SMILES string of the molecule is CCCCCCCCCCCC(O)CC(=O)NC(CCCN)COP(=O)(O)O. The summed E-state index contributed by atoms with van der Waals surface area (Å²) in [6.07, 6.45) is 11.7. The van der Waals surface area contributed by atoms with Crippen molar-refractivity contribution in [3.63, 3.8) is 0 Å². The number of hydrogen-bond donors (Lipinski definition) is 5. The number of aliphatic hydroxyl groups excluding tert-OH is 1. The number of carbonyl (C=O) groups excluding carboxylic acids is 1. The molecular formula is C19H41N2O6P. The molecule has 2 atom stereocenters. The number of phosphoric acid groups is 1. The Labute approximate surface area is 169 Å². The number of hydrogen-bond acceptors (Lipinski definition) is 5. The molecule has 0 saturated heterocycles. The Balaban J connectivity index is 3.92. The molecule has 0 spiro atoms. The molecule has 0 aromatic carbocycles. The number of carbonyl (C=O) groups is 1. The Hall–Kier alpha value is -0.500. The van der Waals surface area contributed by atoms with Gasteiger partial charge in [-0.1, -0.05) is 64.7 Å². The normalized spacial score (nSPS) is 14.0. The van der Waals surface area contributed by atoms with Gasteiger partial charge >= 0.3 is 7.82 Å². The Kier molecular flexibility index (Phi) is 17.1. The van der Waals surface area contributed by atoms with E-state index in [-0.39, 0.29) is 18.9 Å². The van der Waals surface area contributed by atoms with Crippen LogP contribution in [-0.4, -0.2) is 46.1 Å². The second-order valence-electron chi connectivity index (χ2n) is 7.46. The van der Waals surface area contributed by atoms with Crippen molar-refractivity contribution in [3.05, 3.63) is 0 Å². The smallest absolute Gasteiger partial charge is 0.393 e. The zero-order valence-corrected chi connectivity index (χ0v) is 18.2. The van der Waals surface area contributed by atoms with Crippen molar-refractivity contribution >= 4 is 13.7 Å². The molecule has 0 aliphatic heterocycles. The Bertz CT molecular complexity index is 433. The summed E-state index contributed by atoms with van der Waals surface area (Å²) in [5.74, 6) is -0.347. The van der Waals surface area contributed by atoms with Gasteiger partial charge in [0.2, 0.25) is 5.91 Å². The van der Waals surface area contributed by atoms with E-state index in [4.69, 9.17) is 15.5 Å². The molecule has 8 nitrogen and oxygen atoms in total. The lowest BCUT2D eigenvalue weighted by molar-refractivity contribution is -0.124. The molecule has 0 saturated carbocycles. The van der Waals surface area contributed by atoms with Crippen LogP contribution in [0.4, 0.5) is 0 Å². The molecule has 2 unspecified atom stereocenters. The van der Waals surface area contributed by atoms with Crippen molar-refractivity contribution in [3.8, 4) is 0 Å². The highest BCUT2D eigenvalue weighted by atomic mass is 31.2. The molecule has 0 radical (unpaired) electrons. The highest BCUT2D eigenvalue weighted by molar-refractivity contribution is 7.46. The monoisotopic (exact) mass is 424 g/mol. The predicted molar refractivity (Wildman–Crippen MR) is 111 cm³/mol. The van der Waals surface area contributed by atoms with Gasteiger partial charge in [-0.3, -0.25) is 9.32 Å². The van der Waals surface area contributed by atoms with E-state index in [2.05, 4.69) is 16.8 Å². The molecule has 0 heterocycles. The first kappa shape index (κ1) is 27.5. The molecular weight excluding hydrogens is 383 g/mol. The maximum atomic E-state index is 12.1. The molecule has 0 aliphatic carbocycles. The van der Waals surface area contributed by atoms with Gasteiger partial charge in [0, 0.05) is 0 Å². The van der Waals surface area contributed by atoms with Gasteiger partial charge in [-0.2, -0.15) is 0 Å². The van der Waals surface area contributed by atoms with Gasteiger partial charge in [0.15, 0.2) is 0 Å². The molecule has 0 rings (SSSR count).